The van der Waals surface area contributed by atoms with Gasteiger partial charge in [-0.25, -0.2) is 8.42 Å². The van der Waals surface area contributed by atoms with Crippen LogP contribution in [0.4, 0.5) is 5.69 Å². The van der Waals surface area contributed by atoms with Crippen LogP contribution in [-0.4, -0.2) is 49.5 Å². The summed E-state index contributed by atoms with van der Waals surface area (Å²) in [5.74, 6) is 0.286. The smallest absolute Gasteiger partial charge is 0.244 e. The minimum atomic E-state index is -3.86. The fourth-order valence-electron chi connectivity index (χ4n) is 4.10. The predicted molar refractivity (Wildman–Crippen MR) is 159 cm³/mol. The van der Waals surface area contributed by atoms with Crippen molar-refractivity contribution in [1.82, 2.24) is 10.2 Å². The molecule has 0 aliphatic carbocycles. The summed E-state index contributed by atoms with van der Waals surface area (Å²) >= 11 is 6.40. The first kappa shape index (κ1) is 31.0. The van der Waals surface area contributed by atoms with Gasteiger partial charge in [0.2, 0.25) is 21.8 Å². The van der Waals surface area contributed by atoms with E-state index >= 15 is 0 Å². The Morgan fingerprint density at radius 2 is 1.50 bits per heavy atom. The molecule has 3 aromatic rings. The van der Waals surface area contributed by atoms with Crippen molar-refractivity contribution in [3.63, 3.8) is 0 Å². The highest BCUT2D eigenvalue weighted by Gasteiger charge is 2.33. The molecule has 0 radical (unpaired) electrons. The highest BCUT2D eigenvalue weighted by Crippen LogP contribution is 2.26. The Hall–Kier alpha value is -3.56. The van der Waals surface area contributed by atoms with Crippen LogP contribution >= 0.6 is 11.6 Å². The molecule has 2 amide bonds. The fourth-order valence-corrected chi connectivity index (χ4v) is 5.15. The molecule has 40 heavy (non-hydrogen) atoms. The van der Waals surface area contributed by atoms with Gasteiger partial charge in [-0.2, -0.15) is 0 Å². The van der Waals surface area contributed by atoms with Gasteiger partial charge >= 0.3 is 0 Å². The van der Waals surface area contributed by atoms with E-state index < -0.39 is 34.1 Å². The maximum atomic E-state index is 13.8. The molecule has 3 rings (SSSR count). The Kier molecular flexibility index (Phi) is 10.2. The number of amides is 2. The molecule has 0 saturated carbocycles. The zero-order valence-electron chi connectivity index (χ0n) is 23.4. The van der Waals surface area contributed by atoms with Crippen molar-refractivity contribution in [1.29, 1.82) is 0 Å². The second kappa shape index (κ2) is 13.2. The molecule has 0 bridgehead atoms. The molecule has 3 aromatic carbocycles. The molecule has 0 aliphatic heterocycles. The third-order valence-electron chi connectivity index (χ3n) is 5.97. The minimum absolute atomic E-state index is 0.0377. The van der Waals surface area contributed by atoms with E-state index in [1.165, 1.54) is 4.90 Å². The number of carbonyl (C=O) groups is 2. The van der Waals surface area contributed by atoms with E-state index in [9.17, 15) is 18.0 Å². The van der Waals surface area contributed by atoms with Crippen LogP contribution in [0.2, 0.25) is 5.02 Å². The van der Waals surface area contributed by atoms with E-state index in [0.717, 1.165) is 10.6 Å². The monoisotopic (exact) mass is 585 g/mol. The highest BCUT2D eigenvalue weighted by molar-refractivity contribution is 7.92. The molecule has 10 heteroatoms. The lowest BCUT2D eigenvalue weighted by molar-refractivity contribution is -0.141. The molecule has 0 spiro atoms. The van der Waals surface area contributed by atoms with Crippen LogP contribution in [0.25, 0.3) is 0 Å². The lowest BCUT2D eigenvalue weighted by Crippen LogP contribution is -2.55. The lowest BCUT2D eigenvalue weighted by atomic mass is 10.1. The largest absolute Gasteiger partial charge is 0.457 e. The van der Waals surface area contributed by atoms with Gasteiger partial charge in [0.15, 0.2) is 0 Å². The quantitative estimate of drug-likeness (QED) is 0.315. The molecule has 8 nitrogen and oxygen atoms in total. The summed E-state index contributed by atoms with van der Waals surface area (Å²) in [5, 5.41) is 3.38. The Labute approximate surface area is 241 Å². The number of nitrogens with zero attached hydrogens (tertiary/aromatic N) is 2. The van der Waals surface area contributed by atoms with Crippen molar-refractivity contribution < 1.29 is 22.7 Å². The van der Waals surface area contributed by atoms with Crippen LogP contribution in [0.5, 0.6) is 11.5 Å². The summed E-state index contributed by atoms with van der Waals surface area (Å²) in [4.78, 5) is 28.5. The number of sulfonamides is 1. The Balaban J connectivity index is 1.92. The van der Waals surface area contributed by atoms with Crippen molar-refractivity contribution in [2.24, 2.45) is 0 Å². The van der Waals surface area contributed by atoms with Gasteiger partial charge in [0.1, 0.15) is 24.1 Å². The van der Waals surface area contributed by atoms with Gasteiger partial charge in [0.05, 0.1) is 11.9 Å². The van der Waals surface area contributed by atoms with E-state index in [1.807, 2.05) is 51.1 Å². The molecule has 0 aliphatic rings. The summed E-state index contributed by atoms with van der Waals surface area (Å²) in [6.45, 7) is 6.91. The van der Waals surface area contributed by atoms with Gasteiger partial charge in [-0.05, 0) is 75.2 Å². The average Bonchev–Trinajstić information content (AvgIpc) is 2.87. The second-order valence-corrected chi connectivity index (χ2v) is 12.8. The molecule has 0 saturated heterocycles. The summed E-state index contributed by atoms with van der Waals surface area (Å²) in [6, 6.07) is 21.8. The maximum absolute atomic E-state index is 13.8. The Morgan fingerprint density at radius 1 is 0.925 bits per heavy atom. The zero-order chi connectivity index (χ0) is 29.5. The third kappa shape index (κ3) is 8.72. The maximum Gasteiger partial charge on any atom is 0.244 e. The van der Waals surface area contributed by atoms with Crippen LogP contribution in [-0.2, 0) is 26.2 Å². The fraction of sp³-hybridized carbons (Fsp3) is 0.333. The van der Waals surface area contributed by atoms with Crippen LogP contribution in [0, 0.1) is 0 Å². The number of benzene rings is 3. The Morgan fingerprint density at radius 3 is 2.05 bits per heavy atom. The van der Waals surface area contributed by atoms with Gasteiger partial charge in [-0.3, -0.25) is 13.9 Å². The molecule has 0 fully saturated rings. The summed E-state index contributed by atoms with van der Waals surface area (Å²) < 4.78 is 32.6. The number of hydrogen-bond acceptors (Lipinski definition) is 5. The molecular weight excluding hydrogens is 550 g/mol. The van der Waals surface area contributed by atoms with Crippen molar-refractivity contribution >= 4 is 39.1 Å². The molecular formula is C30H36ClN3O5S. The zero-order valence-corrected chi connectivity index (χ0v) is 25.0. The topological polar surface area (TPSA) is 96.0 Å². The van der Waals surface area contributed by atoms with Crippen molar-refractivity contribution in [3.8, 4) is 11.5 Å². The first-order valence-electron chi connectivity index (χ1n) is 12.9. The molecule has 1 atom stereocenters. The van der Waals surface area contributed by atoms with E-state index in [-0.39, 0.29) is 12.5 Å². The number of rotatable bonds is 11. The predicted octanol–water partition coefficient (Wildman–Crippen LogP) is 5.62. The van der Waals surface area contributed by atoms with E-state index in [0.29, 0.717) is 34.2 Å². The minimum Gasteiger partial charge on any atom is -0.457 e. The summed E-state index contributed by atoms with van der Waals surface area (Å²) in [6.07, 6.45) is 1.36. The van der Waals surface area contributed by atoms with Crippen LogP contribution in [0.15, 0.2) is 78.9 Å². The molecule has 1 N–H and O–H groups in total. The number of halogens is 1. The molecule has 0 heterocycles. The number of nitrogens with one attached hydrogen (secondary N) is 1. The van der Waals surface area contributed by atoms with Gasteiger partial charge in [-0.15, -0.1) is 0 Å². The SMILES string of the molecule is CC[C@@H](C(=O)NC(C)(C)C)N(Cc1ccccc1Cl)C(=O)CN(c1ccc(Oc2ccccc2)cc1)S(C)(=O)=O. The number of hydrogen-bond donors (Lipinski definition) is 1. The van der Waals surface area contributed by atoms with Gasteiger partial charge < -0.3 is 15.0 Å². The van der Waals surface area contributed by atoms with Crippen molar-refractivity contribution in [3.05, 3.63) is 89.4 Å². The second-order valence-electron chi connectivity index (χ2n) is 10.5. The normalized spacial score (nSPS) is 12.3. The standard InChI is InChI=1S/C30H36ClN3O5S/c1-6-27(29(36)32-30(2,3)4)33(20-22-12-10-11-15-26(22)31)28(35)21-34(40(5,37)38)23-16-18-25(19-17-23)39-24-13-8-7-9-14-24/h7-19,27H,6,20-21H2,1-5H3,(H,32,36)/t27-/m0/s1. The van der Waals surface area contributed by atoms with E-state index in [1.54, 1.807) is 55.5 Å². The molecule has 0 unspecified atom stereocenters. The lowest BCUT2D eigenvalue weighted by Gasteiger charge is -2.34. The average molecular weight is 586 g/mol. The molecule has 214 valence electrons. The van der Waals surface area contributed by atoms with E-state index in [2.05, 4.69) is 5.32 Å². The summed E-state index contributed by atoms with van der Waals surface area (Å²) in [7, 11) is -3.86. The number of carbonyl (C=O) groups excluding carboxylic acids is 2. The van der Waals surface area contributed by atoms with Crippen LogP contribution in [0.3, 0.4) is 0 Å². The van der Waals surface area contributed by atoms with Crippen molar-refractivity contribution in [2.45, 2.75) is 52.2 Å². The van der Waals surface area contributed by atoms with Gasteiger partial charge in [0, 0.05) is 17.1 Å². The van der Waals surface area contributed by atoms with Crippen LogP contribution in [0.1, 0.15) is 39.7 Å². The first-order chi connectivity index (χ1) is 18.8. The van der Waals surface area contributed by atoms with E-state index in [4.69, 9.17) is 16.3 Å². The van der Waals surface area contributed by atoms with Gasteiger partial charge in [0.25, 0.3) is 0 Å². The summed E-state index contributed by atoms with van der Waals surface area (Å²) in [5.41, 5.74) is 0.417. The Bertz CT molecular complexity index is 1410. The van der Waals surface area contributed by atoms with Crippen molar-refractivity contribution in [2.75, 3.05) is 17.1 Å². The number of ether oxygens (including phenoxy) is 1. The first-order valence-corrected chi connectivity index (χ1v) is 15.2. The highest BCUT2D eigenvalue weighted by atomic mass is 35.5. The molecule has 0 aromatic heterocycles. The van der Waals surface area contributed by atoms with Gasteiger partial charge in [-0.1, -0.05) is 54.9 Å². The third-order valence-corrected chi connectivity index (χ3v) is 7.47. The number of para-hydroxylation sites is 1. The number of anilines is 1. The van der Waals surface area contributed by atoms with Crippen LogP contribution < -0.4 is 14.4 Å².